The zero-order valence-electron chi connectivity index (χ0n) is 17.3. The van der Waals surface area contributed by atoms with Gasteiger partial charge in [0.05, 0.1) is 32.9 Å². The first-order chi connectivity index (χ1) is 13.7. The Balaban J connectivity index is 0.00000300. The average Bonchev–Trinajstić information content (AvgIpc) is 3.16. The normalized spacial score (nSPS) is 16.0. The van der Waals surface area contributed by atoms with Crippen LogP contribution in [0.3, 0.4) is 0 Å². The first-order valence-electron chi connectivity index (χ1n) is 9.64. The lowest BCUT2D eigenvalue weighted by molar-refractivity contribution is 0.0170. The first kappa shape index (κ1) is 23.9. The molecule has 0 radical (unpaired) electrons. The molecule has 0 bridgehead atoms. The highest BCUT2D eigenvalue weighted by Crippen LogP contribution is 2.23. The van der Waals surface area contributed by atoms with Crippen molar-refractivity contribution in [2.75, 3.05) is 47.0 Å². The summed E-state index contributed by atoms with van der Waals surface area (Å²) >= 11 is 1.77. The van der Waals surface area contributed by atoms with Crippen LogP contribution in [0.4, 0.5) is 0 Å². The van der Waals surface area contributed by atoms with Gasteiger partial charge in [-0.1, -0.05) is 12.1 Å². The second-order valence-electron chi connectivity index (χ2n) is 6.77. The number of benzene rings is 1. The van der Waals surface area contributed by atoms with E-state index in [4.69, 9.17) is 9.47 Å². The molecular weight excluding hydrogens is 499 g/mol. The van der Waals surface area contributed by atoms with Crippen LogP contribution < -0.4 is 15.4 Å². The molecule has 1 aromatic heterocycles. The molecule has 1 unspecified atom stereocenters. The SMILES string of the molecule is CN=C(NCc1sccc1C)NCC(c1ccc(OC)cc1)N1CCOCC1.I. The van der Waals surface area contributed by atoms with Crippen LogP contribution in [0.15, 0.2) is 40.7 Å². The Morgan fingerprint density at radius 2 is 1.93 bits per heavy atom. The van der Waals surface area contributed by atoms with Gasteiger partial charge in [-0.2, -0.15) is 0 Å². The lowest BCUT2D eigenvalue weighted by Crippen LogP contribution is -2.46. The topological polar surface area (TPSA) is 58.1 Å². The third-order valence-corrected chi connectivity index (χ3v) is 6.08. The monoisotopic (exact) mass is 530 g/mol. The van der Waals surface area contributed by atoms with Gasteiger partial charge in [0.15, 0.2) is 5.96 Å². The quantitative estimate of drug-likeness (QED) is 0.327. The summed E-state index contributed by atoms with van der Waals surface area (Å²) in [6.07, 6.45) is 0. The van der Waals surface area contributed by atoms with Gasteiger partial charge in [-0.3, -0.25) is 9.89 Å². The van der Waals surface area contributed by atoms with Crippen molar-refractivity contribution in [3.05, 3.63) is 51.7 Å². The molecule has 8 heteroatoms. The minimum absolute atomic E-state index is 0. The number of nitrogens with one attached hydrogen (secondary N) is 2. The maximum atomic E-state index is 5.54. The number of aryl methyl sites for hydroxylation is 1. The molecule has 2 aromatic rings. The van der Waals surface area contributed by atoms with Gasteiger partial charge >= 0.3 is 0 Å². The summed E-state index contributed by atoms with van der Waals surface area (Å²) in [6, 6.07) is 10.7. The minimum atomic E-state index is 0. The van der Waals surface area contributed by atoms with Crippen molar-refractivity contribution in [3.63, 3.8) is 0 Å². The highest BCUT2D eigenvalue weighted by molar-refractivity contribution is 14.0. The van der Waals surface area contributed by atoms with Crippen LogP contribution in [-0.2, 0) is 11.3 Å². The Kier molecular flexibility index (Phi) is 10.2. The van der Waals surface area contributed by atoms with E-state index in [2.05, 4.69) is 51.0 Å². The van der Waals surface area contributed by atoms with Crippen LogP contribution in [0.25, 0.3) is 0 Å². The van der Waals surface area contributed by atoms with Gasteiger partial charge in [0.2, 0.25) is 0 Å². The average molecular weight is 530 g/mol. The van der Waals surface area contributed by atoms with E-state index in [1.807, 2.05) is 19.2 Å². The molecule has 160 valence electrons. The van der Waals surface area contributed by atoms with Crippen LogP contribution in [0.2, 0.25) is 0 Å². The van der Waals surface area contributed by atoms with E-state index in [9.17, 15) is 0 Å². The van der Waals surface area contributed by atoms with E-state index in [-0.39, 0.29) is 30.0 Å². The van der Waals surface area contributed by atoms with Crippen LogP contribution >= 0.6 is 35.3 Å². The Morgan fingerprint density at radius 3 is 2.52 bits per heavy atom. The van der Waals surface area contributed by atoms with E-state index in [1.165, 1.54) is 16.0 Å². The molecule has 1 aliphatic rings. The number of thiophene rings is 1. The standard InChI is InChI=1S/C21H30N4O2S.HI/c1-16-8-13-28-20(16)15-24-21(22-2)23-14-19(25-9-11-27-12-10-25)17-4-6-18(26-3)7-5-17;/h4-8,13,19H,9-12,14-15H2,1-3H3,(H2,22,23,24);1H. The molecular formula is C21H31IN4O2S. The number of rotatable bonds is 7. The van der Waals surface area contributed by atoms with Gasteiger partial charge in [-0.05, 0) is 41.6 Å². The number of halogens is 1. The molecule has 1 fully saturated rings. The zero-order chi connectivity index (χ0) is 19.8. The molecule has 29 heavy (non-hydrogen) atoms. The number of nitrogens with zero attached hydrogens (tertiary/aromatic N) is 2. The summed E-state index contributed by atoms with van der Waals surface area (Å²) in [5.74, 6) is 1.70. The number of hydrogen-bond donors (Lipinski definition) is 2. The van der Waals surface area contributed by atoms with Gasteiger partial charge in [0, 0.05) is 31.6 Å². The Bertz CT molecular complexity index is 760. The summed E-state index contributed by atoms with van der Waals surface area (Å²) in [5, 5.41) is 9.06. The molecule has 0 amide bonds. The van der Waals surface area contributed by atoms with Crippen molar-refractivity contribution in [2.24, 2.45) is 4.99 Å². The maximum Gasteiger partial charge on any atom is 0.191 e. The summed E-state index contributed by atoms with van der Waals surface area (Å²) in [5.41, 5.74) is 2.58. The molecule has 0 aliphatic carbocycles. The number of hydrogen-bond acceptors (Lipinski definition) is 5. The van der Waals surface area contributed by atoms with E-state index in [1.54, 1.807) is 18.4 Å². The highest BCUT2D eigenvalue weighted by Gasteiger charge is 2.23. The maximum absolute atomic E-state index is 5.54. The third-order valence-electron chi connectivity index (χ3n) is 5.06. The Morgan fingerprint density at radius 1 is 1.21 bits per heavy atom. The molecule has 1 aromatic carbocycles. The molecule has 2 heterocycles. The second kappa shape index (κ2) is 12.4. The smallest absolute Gasteiger partial charge is 0.191 e. The molecule has 6 nitrogen and oxygen atoms in total. The predicted octanol–water partition coefficient (Wildman–Crippen LogP) is 3.42. The predicted molar refractivity (Wildman–Crippen MR) is 131 cm³/mol. The largest absolute Gasteiger partial charge is 0.497 e. The van der Waals surface area contributed by atoms with Crippen LogP contribution in [0.1, 0.15) is 22.0 Å². The molecule has 1 aliphatic heterocycles. The molecule has 1 atom stereocenters. The van der Waals surface area contributed by atoms with Gasteiger partial charge in [-0.25, -0.2) is 0 Å². The van der Waals surface area contributed by atoms with E-state index < -0.39 is 0 Å². The summed E-state index contributed by atoms with van der Waals surface area (Å²) in [4.78, 5) is 8.19. The molecule has 0 saturated carbocycles. The molecule has 1 saturated heterocycles. The van der Waals surface area contributed by atoms with Crippen molar-refractivity contribution in [1.82, 2.24) is 15.5 Å². The molecule has 0 spiro atoms. The van der Waals surface area contributed by atoms with Crippen molar-refractivity contribution < 1.29 is 9.47 Å². The lowest BCUT2D eigenvalue weighted by Gasteiger charge is -2.35. The van der Waals surface area contributed by atoms with Crippen LogP contribution in [-0.4, -0.2) is 57.9 Å². The highest BCUT2D eigenvalue weighted by atomic mass is 127. The number of ether oxygens (including phenoxy) is 2. The van der Waals surface area contributed by atoms with E-state index in [0.29, 0.717) is 0 Å². The second-order valence-corrected chi connectivity index (χ2v) is 7.77. The number of aliphatic imine (C=N–C) groups is 1. The van der Waals surface area contributed by atoms with Crippen molar-refractivity contribution in [2.45, 2.75) is 19.5 Å². The van der Waals surface area contributed by atoms with Crippen molar-refractivity contribution in [3.8, 4) is 5.75 Å². The summed E-state index contributed by atoms with van der Waals surface area (Å²) < 4.78 is 10.9. The van der Waals surface area contributed by atoms with Crippen molar-refractivity contribution in [1.29, 1.82) is 0 Å². The first-order valence-corrected chi connectivity index (χ1v) is 10.5. The summed E-state index contributed by atoms with van der Waals surface area (Å²) in [7, 11) is 3.51. The van der Waals surface area contributed by atoms with Gasteiger partial charge < -0.3 is 20.1 Å². The lowest BCUT2D eigenvalue weighted by atomic mass is 10.0. The Hall–Kier alpha value is -1.36. The number of morpholine rings is 1. The molecule has 3 rings (SSSR count). The fourth-order valence-corrected chi connectivity index (χ4v) is 4.18. The van der Waals surface area contributed by atoms with E-state index in [0.717, 1.165) is 51.1 Å². The Labute approximate surface area is 194 Å². The van der Waals surface area contributed by atoms with E-state index >= 15 is 0 Å². The number of guanidine groups is 1. The van der Waals surface area contributed by atoms with Gasteiger partial charge in [-0.15, -0.1) is 35.3 Å². The van der Waals surface area contributed by atoms with Crippen LogP contribution in [0, 0.1) is 6.92 Å². The zero-order valence-corrected chi connectivity index (χ0v) is 20.5. The summed E-state index contributed by atoms with van der Waals surface area (Å²) in [6.45, 7) is 7.11. The van der Waals surface area contributed by atoms with Gasteiger partial charge in [0.1, 0.15) is 5.75 Å². The number of methoxy groups -OCH3 is 1. The fraction of sp³-hybridized carbons (Fsp3) is 0.476. The van der Waals surface area contributed by atoms with Crippen LogP contribution in [0.5, 0.6) is 5.75 Å². The van der Waals surface area contributed by atoms with Gasteiger partial charge in [0.25, 0.3) is 0 Å². The minimum Gasteiger partial charge on any atom is -0.497 e. The fourth-order valence-electron chi connectivity index (χ4n) is 3.34. The van der Waals surface area contributed by atoms with Crippen molar-refractivity contribution >= 4 is 41.3 Å². The third kappa shape index (κ3) is 6.84. The molecule has 2 N–H and O–H groups in total.